The topological polar surface area (TPSA) is 185 Å². The number of ether oxygens (including phenoxy) is 1. The van der Waals surface area contributed by atoms with Gasteiger partial charge >= 0.3 is 5.97 Å². The number of carbonyl (C=O) groups is 2. The van der Waals surface area contributed by atoms with Crippen LogP contribution in [0.3, 0.4) is 0 Å². The molecule has 5 N–H and O–H groups in total. The van der Waals surface area contributed by atoms with Gasteiger partial charge in [0.1, 0.15) is 12.6 Å². The highest BCUT2D eigenvalue weighted by Gasteiger charge is 2.50. The number of nitrogens with one attached hydrogen (secondary N) is 1. The predicted octanol–water partition coefficient (Wildman–Crippen LogP) is -1.23. The lowest BCUT2D eigenvalue weighted by atomic mass is 9.71. The largest absolute Gasteiger partial charge is 0.479 e. The molecule has 11 nitrogen and oxygen atoms in total. The Morgan fingerprint density at radius 1 is 1.50 bits per heavy atom. The fraction of sp³-hybridized carbons (Fsp3) is 0.846. The molecule has 0 radical (unpaired) electrons. The molecule has 0 saturated heterocycles. The molecule has 136 valence electrons. The summed E-state index contributed by atoms with van der Waals surface area (Å²) in [6, 6.07) is -0.662. The van der Waals surface area contributed by atoms with Crippen molar-refractivity contribution in [3.63, 3.8) is 0 Å². The number of aliphatic hydroxyl groups excluding tert-OH is 3. The van der Waals surface area contributed by atoms with Gasteiger partial charge in [0.2, 0.25) is 5.91 Å². The van der Waals surface area contributed by atoms with E-state index in [4.69, 9.17) is 15.4 Å². The fourth-order valence-corrected chi connectivity index (χ4v) is 2.97. The summed E-state index contributed by atoms with van der Waals surface area (Å²) in [5, 5.41) is 44.0. The van der Waals surface area contributed by atoms with Crippen LogP contribution in [0.2, 0.25) is 0 Å². The Hall–Kier alpha value is -1.91. The number of amides is 1. The Morgan fingerprint density at radius 3 is 2.67 bits per heavy atom. The molecule has 0 aromatic heterocycles. The zero-order valence-electron chi connectivity index (χ0n) is 13.2. The lowest BCUT2D eigenvalue weighted by Crippen LogP contribution is -2.58. The van der Waals surface area contributed by atoms with Crippen LogP contribution in [-0.2, 0) is 14.3 Å². The smallest absolute Gasteiger partial charge is 0.335 e. The number of carboxylic acid groups (broad SMARTS) is 1. The van der Waals surface area contributed by atoms with E-state index in [0.29, 0.717) is 0 Å². The first kappa shape index (κ1) is 20.1. The van der Waals surface area contributed by atoms with Crippen LogP contribution in [-0.4, -0.2) is 76.4 Å². The molecule has 0 heterocycles. The van der Waals surface area contributed by atoms with E-state index in [1.165, 1.54) is 7.11 Å². The van der Waals surface area contributed by atoms with E-state index in [9.17, 15) is 24.9 Å². The Kier molecular flexibility index (Phi) is 7.39. The molecule has 0 spiro atoms. The van der Waals surface area contributed by atoms with Gasteiger partial charge in [0, 0.05) is 24.0 Å². The van der Waals surface area contributed by atoms with Crippen LogP contribution in [0.1, 0.15) is 19.3 Å². The zero-order valence-corrected chi connectivity index (χ0v) is 13.2. The monoisotopic (exact) mass is 346 g/mol. The standard InChI is InChI=1S/C13H22N4O7/c1-24-13(12(22)23)3-2-8(16-10(20)5-15-17-14)7(4-13)11(21)9(19)6-18/h7-9,11,18-19,21H,2-6H2,1H3,(H,16,20)(H,22,23)/t7?,8-,9-,11+,13-/m1/s1. The van der Waals surface area contributed by atoms with Crippen molar-refractivity contribution in [2.75, 3.05) is 20.3 Å². The average molecular weight is 346 g/mol. The molecule has 1 unspecified atom stereocenters. The first-order chi connectivity index (χ1) is 11.3. The molecule has 1 saturated carbocycles. The van der Waals surface area contributed by atoms with Gasteiger partial charge in [-0.3, -0.25) is 4.79 Å². The second-order valence-electron chi connectivity index (χ2n) is 5.71. The van der Waals surface area contributed by atoms with Crippen LogP contribution in [0.4, 0.5) is 0 Å². The minimum Gasteiger partial charge on any atom is -0.479 e. The number of methoxy groups -OCH3 is 1. The molecule has 1 fully saturated rings. The van der Waals surface area contributed by atoms with Crippen molar-refractivity contribution in [2.45, 2.75) is 43.1 Å². The summed E-state index contributed by atoms with van der Waals surface area (Å²) in [5.74, 6) is -2.67. The maximum Gasteiger partial charge on any atom is 0.335 e. The van der Waals surface area contributed by atoms with E-state index in [0.717, 1.165) is 0 Å². The number of aliphatic hydroxyl groups is 3. The van der Waals surface area contributed by atoms with Crippen molar-refractivity contribution >= 4 is 11.9 Å². The molecule has 1 amide bonds. The third-order valence-corrected chi connectivity index (χ3v) is 4.37. The quantitative estimate of drug-likeness (QED) is 0.207. The summed E-state index contributed by atoms with van der Waals surface area (Å²) in [6.07, 6.45) is -2.86. The number of rotatable bonds is 8. The van der Waals surface area contributed by atoms with Crippen molar-refractivity contribution in [1.29, 1.82) is 0 Å². The van der Waals surface area contributed by atoms with Gasteiger partial charge in [0.25, 0.3) is 0 Å². The second-order valence-corrected chi connectivity index (χ2v) is 5.71. The van der Waals surface area contributed by atoms with E-state index in [1.807, 2.05) is 0 Å². The van der Waals surface area contributed by atoms with Gasteiger partial charge in [-0.2, -0.15) is 0 Å². The third-order valence-electron chi connectivity index (χ3n) is 4.37. The number of nitrogens with zero attached hydrogens (tertiary/aromatic N) is 3. The normalized spacial score (nSPS) is 29.2. The molecule has 11 heteroatoms. The molecule has 0 aromatic carbocycles. The van der Waals surface area contributed by atoms with Gasteiger partial charge in [-0.05, 0) is 24.8 Å². The van der Waals surface area contributed by atoms with Gasteiger partial charge in [-0.15, -0.1) is 0 Å². The number of azide groups is 1. The minimum atomic E-state index is -1.55. The van der Waals surface area contributed by atoms with E-state index < -0.39 is 54.8 Å². The van der Waals surface area contributed by atoms with Gasteiger partial charge in [-0.25, -0.2) is 4.79 Å². The van der Waals surface area contributed by atoms with Crippen molar-refractivity contribution in [2.24, 2.45) is 11.0 Å². The molecular weight excluding hydrogens is 324 g/mol. The highest BCUT2D eigenvalue weighted by atomic mass is 16.5. The van der Waals surface area contributed by atoms with Crippen molar-refractivity contribution < 1.29 is 34.8 Å². The summed E-state index contributed by atoms with van der Waals surface area (Å²) in [4.78, 5) is 25.7. The number of aliphatic carboxylic acids is 1. The summed E-state index contributed by atoms with van der Waals surface area (Å²) in [7, 11) is 1.24. The predicted molar refractivity (Wildman–Crippen MR) is 79.8 cm³/mol. The Bertz CT molecular complexity index is 511. The van der Waals surface area contributed by atoms with Crippen LogP contribution in [0.15, 0.2) is 5.11 Å². The number of hydrogen-bond donors (Lipinski definition) is 5. The van der Waals surface area contributed by atoms with Crippen LogP contribution in [0.25, 0.3) is 10.4 Å². The van der Waals surface area contributed by atoms with Crippen molar-refractivity contribution in [3.05, 3.63) is 10.4 Å². The maximum atomic E-state index is 11.7. The highest BCUT2D eigenvalue weighted by Crippen LogP contribution is 2.38. The number of carbonyl (C=O) groups excluding carboxylic acids is 1. The third kappa shape index (κ3) is 4.56. The van der Waals surface area contributed by atoms with Crippen molar-refractivity contribution in [3.8, 4) is 0 Å². The van der Waals surface area contributed by atoms with E-state index in [2.05, 4.69) is 15.3 Å². The molecule has 5 atom stereocenters. The van der Waals surface area contributed by atoms with Crippen molar-refractivity contribution in [1.82, 2.24) is 5.32 Å². The lowest BCUT2D eigenvalue weighted by Gasteiger charge is -2.43. The van der Waals surface area contributed by atoms with Gasteiger partial charge in [-0.1, -0.05) is 5.11 Å². The zero-order chi connectivity index (χ0) is 18.3. The fourth-order valence-electron chi connectivity index (χ4n) is 2.97. The molecule has 24 heavy (non-hydrogen) atoms. The average Bonchev–Trinajstić information content (AvgIpc) is 2.58. The molecule has 0 aliphatic heterocycles. The SMILES string of the molecule is CO[C@]1(C(=O)O)CC[C@@H](NC(=O)CN=[N+]=[N-])C([C@H](O)[C@H](O)CO)C1. The summed E-state index contributed by atoms with van der Waals surface area (Å²) < 4.78 is 5.12. The molecule has 0 bridgehead atoms. The Morgan fingerprint density at radius 2 is 2.17 bits per heavy atom. The van der Waals surface area contributed by atoms with Gasteiger partial charge < -0.3 is 30.5 Å². The van der Waals surface area contributed by atoms with Crippen LogP contribution in [0.5, 0.6) is 0 Å². The number of carboxylic acids is 1. The molecule has 1 rings (SSSR count). The first-order valence-corrected chi connectivity index (χ1v) is 7.37. The summed E-state index contributed by atoms with van der Waals surface area (Å²) in [5.41, 5.74) is 6.67. The maximum absolute atomic E-state index is 11.7. The molecule has 1 aliphatic carbocycles. The van der Waals surface area contributed by atoms with Crippen LogP contribution < -0.4 is 5.32 Å². The van der Waals surface area contributed by atoms with Gasteiger partial charge in [0.15, 0.2) is 5.60 Å². The van der Waals surface area contributed by atoms with Gasteiger partial charge in [0.05, 0.1) is 12.7 Å². The van der Waals surface area contributed by atoms with E-state index >= 15 is 0 Å². The highest BCUT2D eigenvalue weighted by molar-refractivity contribution is 5.79. The first-order valence-electron chi connectivity index (χ1n) is 7.37. The lowest BCUT2D eigenvalue weighted by molar-refractivity contribution is -0.174. The molecule has 1 aliphatic rings. The van der Waals surface area contributed by atoms with Crippen LogP contribution in [0, 0.1) is 5.92 Å². The minimum absolute atomic E-state index is 0.0870. The molecular formula is C13H22N4O7. The summed E-state index contributed by atoms with van der Waals surface area (Å²) >= 11 is 0. The number of hydrogen-bond acceptors (Lipinski definition) is 7. The van der Waals surface area contributed by atoms with E-state index in [-0.39, 0.29) is 19.3 Å². The second kappa shape index (κ2) is 8.81. The molecule has 0 aromatic rings. The van der Waals surface area contributed by atoms with E-state index in [1.54, 1.807) is 0 Å². The van der Waals surface area contributed by atoms with Crippen LogP contribution >= 0.6 is 0 Å². The summed E-state index contributed by atoms with van der Waals surface area (Å²) in [6.45, 7) is -1.16. The Labute approximate surface area is 137 Å². The Balaban J connectivity index is 2.99.